The van der Waals surface area contributed by atoms with E-state index >= 15 is 0 Å². The van der Waals surface area contributed by atoms with Gasteiger partial charge in [0.2, 0.25) is 0 Å². The van der Waals surface area contributed by atoms with E-state index in [1.54, 1.807) is 36.5 Å². The minimum absolute atomic E-state index is 0.00235. The Hall–Kier alpha value is -3.41. The Morgan fingerprint density at radius 2 is 1.96 bits per heavy atom. The van der Waals surface area contributed by atoms with Crippen LogP contribution in [0.3, 0.4) is 0 Å². The molecule has 0 saturated heterocycles. The summed E-state index contributed by atoms with van der Waals surface area (Å²) >= 11 is 0. The molecule has 1 N–H and O–H groups in total. The molecule has 6 heteroatoms. The molecule has 2 aromatic carbocycles. The van der Waals surface area contributed by atoms with E-state index in [1.165, 1.54) is 29.9 Å². The summed E-state index contributed by atoms with van der Waals surface area (Å²) < 4.78 is 20.0. The number of carbonyl (C=O) groups excluding carboxylic acids is 1. The third-order valence-electron chi connectivity index (χ3n) is 4.11. The van der Waals surface area contributed by atoms with Crippen LogP contribution in [0.25, 0.3) is 0 Å². The van der Waals surface area contributed by atoms with Crippen molar-refractivity contribution in [2.75, 3.05) is 12.4 Å². The number of carbonyl (C=O) groups is 1. The summed E-state index contributed by atoms with van der Waals surface area (Å²) in [4.78, 5) is 25.3. The summed E-state index contributed by atoms with van der Waals surface area (Å²) in [6.07, 6.45) is 1.57. The quantitative estimate of drug-likeness (QED) is 0.750. The molecule has 0 atom stereocenters. The number of pyridine rings is 1. The van der Waals surface area contributed by atoms with Crippen molar-refractivity contribution in [3.05, 3.63) is 93.7 Å². The number of aromatic nitrogens is 1. The molecule has 0 aliphatic rings. The first-order chi connectivity index (χ1) is 13.0. The highest BCUT2D eigenvalue weighted by atomic mass is 19.1. The van der Waals surface area contributed by atoms with Gasteiger partial charge in [-0.1, -0.05) is 18.2 Å². The Bertz CT molecular complexity index is 1040. The van der Waals surface area contributed by atoms with Crippen LogP contribution in [-0.2, 0) is 6.54 Å². The number of nitrogens with one attached hydrogen (secondary N) is 1. The maximum absolute atomic E-state index is 13.4. The highest BCUT2D eigenvalue weighted by Gasteiger charge is 2.15. The second-order valence-corrected chi connectivity index (χ2v) is 6.14. The molecule has 0 spiro atoms. The van der Waals surface area contributed by atoms with Gasteiger partial charge < -0.3 is 14.6 Å². The fraction of sp³-hybridized carbons (Fsp3) is 0.143. The number of hydrogen-bond acceptors (Lipinski definition) is 3. The summed E-state index contributed by atoms with van der Waals surface area (Å²) in [5.41, 5.74) is 1.61. The Labute approximate surface area is 156 Å². The molecule has 5 nitrogen and oxygen atoms in total. The van der Waals surface area contributed by atoms with E-state index in [4.69, 9.17) is 4.74 Å². The van der Waals surface area contributed by atoms with Crippen LogP contribution in [0.5, 0.6) is 5.75 Å². The third kappa shape index (κ3) is 4.23. The SMILES string of the molecule is COc1ccc(C)cc1NC(=O)c1cccn(Cc2cccc(F)c2)c1=O. The number of aryl methyl sites for hydroxylation is 1. The Balaban J connectivity index is 1.88. The molecule has 0 unspecified atom stereocenters. The number of amides is 1. The zero-order valence-electron chi connectivity index (χ0n) is 15.0. The lowest BCUT2D eigenvalue weighted by Crippen LogP contribution is -2.29. The number of methoxy groups -OCH3 is 1. The van der Waals surface area contributed by atoms with E-state index < -0.39 is 11.5 Å². The van der Waals surface area contributed by atoms with Crippen LogP contribution in [-0.4, -0.2) is 17.6 Å². The molecule has 1 aromatic heterocycles. The zero-order chi connectivity index (χ0) is 19.4. The van der Waals surface area contributed by atoms with Crippen LogP contribution >= 0.6 is 0 Å². The van der Waals surface area contributed by atoms with Crippen molar-refractivity contribution >= 4 is 11.6 Å². The summed E-state index contributed by atoms with van der Waals surface area (Å²) in [5, 5.41) is 2.72. The maximum atomic E-state index is 13.4. The van der Waals surface area contributed by atoms with Crippen LogP contribution in [0, 0.1) is 12.7 Å². The minimum Gasteiger partial charge on any atom is -0.495 e. The Morgan fingerprint density at radius 3 is 2.70 bits per heavy atom. The lowest BCUT2D eigenvalue weighted by atomic mass is 10.2. The van der Waals surface area contributed by atoms with Gasteiger partial charge in [0, 0.05) is 6.20 Å². The number of ether oxygens (including phenoxy) is 1. The first-order valence-electron chi connectivity index (χ1n) is 8.38. The monoisotopic (exact) mass is 366 g/mol. The van der Waals surface area contributed by atoms with Crippen molar-refractivity contribution in [2.24, 2.45) is 0 Å². The zero-order valence-corrected chi connectivity index (χ0v) is 15.0. The van der Waals surface area contributed by atoms with E-state index in [1.807, 2.05) is 13.0 Å². The molecular weight excluding hydrogens is 347 g/mol. The Morgan fingerprint density at radius 1 is 1.15 bits per heavy atom. The van der Waals surface area contributed by atoms with Crippen molar-refractivity contribution in [3.8, 4) is 5.75 Å². The average Bonchev–Trinajstić information content (AvgIpc) is 2.63. The van der Waals surface area contributed by atoms with Gasteiger partial charge in [-0.25, -0.2) is 4.39 Å². The first-order valence-corrected chi connectivity index (χ1v) is 8.38. The van der Waals surface area contributed by atoms with Crippen LogP contribution < -0.4 is 15.6 Å². The number of nitrogens with zero attached hydrogens (tertiary/aromatic N) is 1. The molecule has 0 aliphatic heterocycles. The van der Waals surface area contributed by atoms with E-state index in [-0.39, 0.29) is 17.9 Å². The van der Waals surface area contributed by atoms with Crippen molar-refractivity contribution < 1.29 is 13.9 Å². The second-order valence-electron chi connectivity index (χ2n) is 6.14. The molecule has 27 heavy (non-hydrogen) atoms. The normalized spacial score (nSPS) is 10.5. The fourth-order valence-corrected chi connectivity index (χ4v) is 2.78. The number of benzene rings is 2. The molecule has 0 saturated carbocycles. The highest BCUT2D eigenvalue weighted by molar-refractivity contribution is 6.04. The van der Waals surface area contributed by atoms with Gasteiger partial charge in [0.1, 0.15) is 17.1 Å². The summed E-state index contributed by atoms with van der Waals surface area (Å²) in [6.45, 7) is 2.06. The van der Waals surface area contributed by atoms with Crippen molar-refractivity contribution in [2.45, 2.75) is 13.5 Å². The molecule has 3 rings (SSSR count). The summed E-state index contributed by atoms with van der Waals surface area (Å²) in [6, 6.07) is 14.5. The third-order valence-corrected chi connectivity index (χ3v) is 4.11. The van der Waals surface area contributed by atoms with E-state index in [9.17, 15) is 14.0 Å². The second kappa shape index (κ2) is 7.86. The lowest BCUT2D eigenvalue weighted by Gasteiger charge is -2.12. The minimum atomic E-state index is -0.530. The highest BCUT2D eigenvalue weighted by Crippen LogP contribution is 2.25. The van der Waals surface area contributed by atoms with Crippen LogP contribution in [0.4, 0.5) is 10.1 Å². The molecule has 1 amide bonds. The first kappa shape index (κ1) is 18.4. The number of anilines is 1. The van der Waals surface area contributed by atoms with E-state index in [0.29, 0.717) is 17.0 Å². The fourth-order valence-electron chi connectivity index (χ4n) is 2.78. The summed E-state index contributed by atoms with van der Waals surface area (Å²) in [5.74, 6) is -0.400. The van der Waals surface area contributed by atoms with Gasteiger partial charge in [-0.05, 0) is 54.4 Å². The van der Waals surface area contributed by atoms with Gasteiger partial charge in [-0.2, -0.15) is 0 Å². The van der Waals surface area contributed by atoms with Crippen molar-refractivity contribution in [1.29, 1.82) is 0 Å². The van der Waals surface area contributed by atoms with Crippen molar-refractivity contribution in [1.82, 2.24) is 4.57 Å². The molecule has 3 aromatic rings. The molecule has 0 radical (unpaired) electrons. The van der Waals surface area contributed by atoms with Gasteiger partial charge in [-0.15, -0.1) is 0 Å². The van der Waals surface area contributed by atoms with E-state index in [0.717, 1.165) is 5.56 Å². The molecule has 0 aliphatic carbocycles. The van der Waals surface area contributed by atoms with E-state index in [2.05, 4.69) is 5.32 Å². The smallest absolute Gasteiger partial charge is 0.263 e. The molecule has 138 valence electrons. The maximum Gasteiger partial charge on any atom is 0.263 e. The molecule has 1 heterocycles. The van der Waals surface area contributed by atoms with Gasteiger partial charge in [0.05, 0.1) is 19.3 Å². The average molecular weight is 366 g/mol. The summed E-state index contributed by atoms with van der Waals surface area (Å²) in [7, 11) is 1.51. The number of halogens is 1. The van der Waals surface area contributed by atoms with Gasteiger partial charge in [0.15, 0.2) is 0 Å². The van der Waals surface area contributed by atoms with Crippen LogP contribution in [0.15, 0.2) is 65.6 Å². The van der Waals surface area contributed by atoms with Crippen LogP contribution in [0.1, 0.15) is 21.5 Å². The molecule has 0 fully saturated rings. The van der Waals surface area contributed by atoms with Gasteiger partial charge in [-0.3, -0.25) is 9.59 Å². The Kier molecular flexibility index (Phi) is 5.35. The largest absolute Gasteiger partial charge is 0.495 e. The predicted octanol–water partition coefficient (Wildman–Crippen LogP) is 3.61. The topological polar surface area (TPSA) is 60.3 Å². The molecule has 0 bridgehead atoms. The van der Waals surface area contributed by atoms with Gasteiger partial charge in [0.25, 0.3) is 11.5 Å². The van der Waals surface area contributed by atoms with Gasteiger partial charge >= 0.3 is 0 Å². The predicted molar refractivity (Wildman–Crippen MR) is 102 cm³/mol. The standard InChI is InChI=1S/C21H19FN2O3/c1-14-8-9-19(27-2)18(11-14)23-20(25)17-7-4-10-24(21(17)26)13-15-5-3-6-16(22)12-15/h3-12H,13H2,1-2H3,(H,23,25). The molecular formula is C21H19FN2O3. The van der Waals surface area contributed by atoms with Crippen LogP contribution in [0.2, 0.25) is 0 Å². The number of rotatable bonds is 5. The lowest BCUT2D eigenvalue weighted by molar-refractivity contribution is 0.102. The number of hydrogen-bond donors (Lipinski definition) is 1. The van der Waals surface area contributed by atoms with Crippen molar-refractivity contribution in [3.63, 3.8) is 0 Å².